The predicted octanol–water partition coefficient (Wildman–Crippen LogP) is -0.295. The molecule has 72 valence electrons. The lowest BCUT2D eigenvalue weighted by Gasteiger charge is -1.93. The van der Waals surface area contributed by atoms with Gasteiger partial charge in [0.15, 0.2) is 0 Å². The highest BCUT2D eigenvalue weighted by molar-refractivity contribution is 7.90. The number of carbonyl (C=O) groups is 1. The number of hydrogen-bond donors (Lipinski definition) is 1. The molecule has 1 aromatic rings. The van der Waals surface area contributed by atoms with Gasteiger partial charge in [0.1, 0.15) is 0 Å². The van der Waals surface area contributed by atoms with Gasteiger partial charge in [0.05, 0.1) is 12.6 Å². The first-order valence-electron chi connectivity index (χ1n) is 3.26. The molecule has 0 aliphatic heterocycles. The number of aromatic nitrogens is 1. The van der Waals surface area contributed by atoms with Crippen LogP contribution in [0.2, 0.25) is 0 Å². The minimum atomic E-state index is -3.53. The molecule has 0 spiro atoms. The van der Waals surface area contributed by atoms with Gasteiger partial charge in [0.25, 0.3) is 5.09 Å². The molecule has 0 unspecified atom stereocenters. The highest BCUT2D eigenvalue weighted by Crippen LogP contribution is 2.14. The zero-order valence-corrected chi connectivity index (χ0v) is 7.54. The molecule has 13 heavy (non-hydrogen) atoms. The Kier molecular flexibility index (Phi) is 2.37. The molecule has 1 aromatic heterocycles. The summed E-state index contributed by atoms with van der Waals surface area (Å²) < 4.78 is 26.4. The van der Waals surface area contributed by atoms with Gasteiger partial charge in [-0.2, -0.15) is 0 Å². The van der Waals surface area contributed by atoms with Crippen LogP contribution < -0.4 is 0 Å². The van der Waals surface area contributed by atoms with Crippen LogP contribution >= 0.6 is 0 Å². The van der Waals surface area contributed by atoms with Crippen molar-refractivity contribution in [3.63, 3.8) is 0 Å². The van der Waals surface area contributed by atoms with Crippen molar-refractivity contribution < 1.29 is 22.8 Å². The number of carboxylic acids is 1. The van der Waals surface area contributed by atoms with E-state index in [0.29, 0.717) is 0 Å². The van der Waals surface area contributed by atoms with Gasteiger partial charge < -0.3 is 9.63 Å². The summed E-state index contributed by atoms with van der Waals surface area (Å²) in [5, 5.41) is 11.3. The molecule has 0 aromatic carbocycles. The van der Waals surface area contributed by atoms with Gasteiger partial charge >= 0.3 is 5.97 Å². The van der Waals surface area contributed by atoms with Crippen molar-refractivity contribution >= 4 is 15.8 Å². The highest BCUT2D eigenvalue weighted by Gasteiger charge is 2.20. The number of sulfone groups is 1. The van der Waals surface area contributed by atoms with Crippen LogP contribution in [0.4, 0.5) is 0 Å². The second-order valence-electron chi connectivity index (χ2n) is 2.48. The number of aliphatic carboxylic acids is 1. The Morgan fingerprint density at radius 1 is 1.69 bits per heavy atom. The lowest BCUT2D eigenvalue weighted by Crippen LogP contribution is -2.04. The lowest BCUT2D eigenvalue weighted by molar-refractivity contribution is -0.136. The SMILES string of the molecule is CS(=O)(=O)c1oncc1CC(=O)O. The van der Waals surface area contributed by atoms with Crippen LogP contribution in [0.1, 0.15) is 5.56 Å². The van der Waals surface area contributed by atoms with Crippen molar-refractivity contribution in [1.29, 1.82) is 0 Å². The molecule has 0 atom stereocenters. The maximum Gasteiger partial charge on any atom is 0.308 e. The minimum absolute atomic E-state index is 0.0648. The fourth-order valence-corrected chi connectivity index (χ4v) is 1.62. The Morgan fingerprint density at radius 3 is 2.77 bits per heavy atom. The summed E-state index contributed by atoms with van der Waals surface area (Å²) >= 11 is 0. The second-order valence-corrected chi connectivity index (χ2v) is 4.40. The number of carboxylic acid groups (broad SMARTS) is 1. The number of hydrogen-bond acceptors (Lipinski definition) is 5. The number of nitrogens with zero attached hydrogens (tertiary/aromatic N) is 1. The van der Waals surface area contributed by atoms with E-state index >= 15 is 0 Å². The van der Waals surface area contributed by atoms with E-state index in [4.69, 9.17) is 5.11 Å². The largest absolute Gasteiger partial charge is 0.481 e. The summed E-state index contributed by atoms with van der Waals surface area (Å²) in [7, 11) is -3.53. The first-order valence-corrected chi connectivity index (χ1v) is 5.16. The second kappa shape index (κ2) is 3.17. The normalized spacial score (nSPS) is 11.5. The molecular formula is C6H7NO5S. The van der Waals surface area contributed by atoms with E-state index in [-0.39, 0.29) is 10.7 Å². The van der Waals surface area contributed by atoms with E-state index in [0.717, 1.165) is 12.5 Å². The van der Waals surface area contributed by atoms with Crippen molar-refractivity contribution in [2.24, 2.45) is 0 Å². The molecular weight excluding hydrogens is 198 g/mol. The van der Waals surface area contributed by atoms with Crippen molar-refractivity contribution in [3.05, 3.63) is 11.8 Å². The summed E-state index contributed by atoms with van der Waals surface area (Å²) in [6, 6.07) is 0. The average Bonchev–Trinajstić information content (AvgIpc) is 2.31. The van der Waals surface area contributed by atoms with Crippen molar-refractivity contribution in [1.82, 2.24) is 5.16 Å². The monoisotopic (exact) mass is 205 g/mol. The third-order valence-electron chi connectivity index (χ3n) is 1.28. The van der Waals surface area contributed by atoms with Crippen LogP contribution in [0, 0.1) is 0 Å². The zero-order chi connectivity index (χ0) is 10.1. The van der Waals surface area contributed by atoms with Crippen LogP contribution in [0.15, 0.2) is 15.8 Å². The van der Waals surface area contributed by atoms with E-state index in [2.05, 4.69) is 9.68 Å². The predicted molar refractivity (Wildman–Crippen MR) is 41.0 cm³/mol. The van der Waals surface area contributed by atoms with Gasteiger partial charge in [-0.25, -0.2) is 8.42 Å². The van der Waals surface area contributed by atoms with Gasteiger partial charge in [-0.1, -0.05) is 5.16 Å². The Labute approximate surface area is 74.1 Å². The molecule has 0 aliphatic rings. The lowest BCUT2D eigenvalue weighted by atomic mass is 10.3. The standard InChI is InChI=1S/C6H7NO5S/c1-13(10,11)6-4(2-5(8)9)3-7-12-6/h3H,2H2,1H3,(H,8,9). The molecule has 0 amide bonds. The molecule has 1 heterocycles. The van der Waals surface area contributed by atoms with E-state index in [1.165, 1.54) is 0 Å². The maximum atomic E-state index is 11.0. The molecule has 1 rings (SSSR count). The fourth-order valence-electron chi connectivity index (χ4n) is 0.836. The third-order valence-corrected chi connectivity index (χ3v) is 2.30. The summed E-state index contributed by atoms with van der Waals surface area (Å²) in [4.78, 5) is 10.3. The van der Waals surface area contributed by atoms with Crippen LogP contribution in [0.25, 0.3) is 0 Å². The molecule has 1 N–H and O–H groups in total. The van der Waals surface area contributed by atoms with E-state index in [1.54, 1.807) is 0 Å². The quantitative estimate of drug-likeness (QED) is 0.727. The summed E-state index contributed by atoms with van der Waals surface area (Å²) in [5.74, 6) is -1.13. The molecule has 6 nitrogen and oxygen atoms in total. The first kappa shape index (κ1) is 9.72. The third kappa shape index (κ3) is 2.28. The molecule has 0 radical (unpaired) electrons. The van der Waals surface area contributed by atoms with Crippen molar-refractivity contribution in [2.75, 3.05) is 6.26 Å². The smallest absolute Gasteiger partial charge is 0.308 e. The van der Waals surface area contributed by atoms with Crippen LogP contribution in [-0.4, -0.2) is 30.9 Å². The Balaban J connectivity index is 3.11. The zero-order valence-electron chi connectivity index (χ0n) is 6.72. The van der Waals surface area contributed by atoms with Crippen molar-refractivity contribution in [3.8, 4) is 0 Å². The van der Waals surface area contributed by atoms with Gasteiger partial charge in [0, 0.05) is 11.8 Å². The van der Waals surface area contributed by atoms with Crippen molar-refractivity contribution in [2.45, 2.75) is 11.5 Å². The molecule has 0 fully saturated rings. The molecule has 0 saturated carbocycles. The topological polar surface area (TPSA) is 97.5 Å². The summed E-state index contributed by atoms with van der Waals surface area (Å²) in [6.07, 6.45) is 1.61. The highest BCUT2D eigenvalue weighted by atomic mass is 32.2. The number of rotatable bonds is 3. The van der Waals surface area contributed by atoms with Gasteiger partial charge in [-0.3, -0.25) is 4.79 Å². The molecule has 0 saturated heterocycles. The summed E-state index contributed by atoms with van der Waals surface area (Å²) in [5.41, 5.74) is 0.0648. The Morgan fingerprint density at radius 2 is 2.31 bits per heavy atom. The Hall–Kier alpha value is -1.37. The van der Waals surface area contributed by atoms with Gasteiger partial charge in [-0.15, -0.1) is 0 Å². The first-order chi connectivity index (χ1) is 5.91. The van der Waals surface area contributed by atoms with Crippen LogP contribution in [0.3, 0.4) is 0 Å². The summed E-state index contributed by atoms with van der Waals surface area (Å²) in [6.45, 7) is 0. The van der Waals surface area contributed by atoms with Crippen LogP contribution in [-0.2, 0) is 21.1 Å². The average molecular weight is 205 g/mol. The minimum Gasteiger partial charge on any atom is -0.481 e. The van der Waals surface area contributed by atoms with Crippen LogP contribution in [0.5, 0.6) is 0 Å². The molecule has 0 aliphatic carbocycles. The Bertz CT molecular complexity index is 418. The maximum absolute atomic E-state index is 11.0. The van der Waals surface area contributed by atoms with E-state index in [1.807, 2.05) is 0 Å². The van der Waals surface area contributed by atoms with Gasteiger partial charge in [-0.05, 0) is 0 Å². The van der Waals surface area contributed by atoms with E-state index in [9.17, 15) is 13.2 Å². The fraction of sp³-hybridized carbons (Fsp3) is 0.333. The molecule has 0 bridgehead atoms. The molecule has 7 heteroatoms. The van der Waals surface area contributed by atoms with E-state index < -0.39 is 22.2 Å². The van der Waals surface area contributed by atoms with Gasteiger partial charge in [0.2, 0.25) is 9.84 Å².